The molecule has 5 nitrogen and oxygen atoms in total. The van der Waals surface area contributed by atoms with Crippen LogP contribution in [0.1, 0.15) is 36.0 Å². The van der Waals surface area contributed by atoms with Crippen LogP contribution in [0.25, 0.3) is 0 Å². The van der Waals surface area contributed by atoms with Crippen molar-refractivity contribution < 1.29 is 14.3 Å². The van der Waals surface area contributed by atoms with Crippen LogP contribution in [0.5, 0.6) is 11.5 Å². The predicted molar refractivity (Wildman–Crippen MR) is 117 cm³/mol. The van der Waals surface area contributed by atoms with Gasteiger partial charge in [0.25, 0.3) is 0 Å². The number of piperidine rings is 1. The molecule has 1 unspecified atom stereocenters. The summed E-state index contributed by atoms with van der Waals surface area (Å²) in [6, 6.07) is 10.0. The summed E-state index contributed by atoms with van der Waals surface area (Å²) in [7, 11) is 0. The zero-order chi connectivity index (χ0) is 20.9. The van der Waals surface area contributed by atoms with Crippen LogP contribution in [-0.4, -0.2) is 30.7 Å². The van der Waals surface area contributed by atoms with E-state index in [1.54, 1.807) is 0 Å². The highest BCUT2D eigenvalue weighted by Gasteiger charge is 2.58. The Balaban J connectivity index is 1.17. The third kappa shape index (κ3) is 3.77. The number of rotatable bonds is 4. The van der Waals surface area contributed by atoms with E-state index in [1.807, 2.05) is 24.3 Å². The smallest absolute Gasteiger partial charge is 0.231 e. The van der Waals surface area contributed by atoms with Gasteiger partial charge >= 0.3 is 0 Å². The second-order valence-corrected chi connectivity index (χ2v) is 9.46. The van der Waals surface area contributed by atoms with E-state index in [-0.39, 0.29) is 24.0 Å². The first-order valence-corrected chi connectivity index (χ1v) is 11.0. The Labute approximate surface area is 182 Å². The fraction of sp³-hybridized carbons (Fsp3) is 0.458. The molecule has 158 valence electrons. The van der Waals surface area contributed by atoms with Gasteiger partial charge in [-0.2, -0.15) is 0 Å². The van der Waals surface area contributed by atoms with Crippen LogP contribution in [0.15, 0.2) is 30.3 Å². The Morgan fingerprint density at radius 3 is 2.47 bits per heavy atom. The fourth-order valence-corrected chi connectivity index (χ4v) is 5.24. The van der Waals surface area contributed by atoms with Gasteiger partial charge in [-0.25, -0.2) is 0 Å². The molecule has 3 aliphatic rings. The molecule has 1 N–H and O–H groups in total. The molecule has 0 aromatic heterocycles. The van der Waals surface area contributed by atoms with Crippen molar-refractivity contribution in [2.45, 2.75) is 39.7 Å². The minimum Gasteiger partial charge on any atom is -0.454 e. The van der Waals surface area contributed by atoms with Crippen LogP contribution >= 0.6 is 11.6 Å². The maximum atomic E-state index is 12.8. The van der Waals surface area contributed by atoms with Gasteiger partial charge in [0, 0.05) is 29.2 Å². The Morgan fingerprint density at radius 2 is 1.77 bits per heavy atom. The largest absolute Gasteiger partial charge is 0.454 e. The van der Waals surface area contributed by atoms with Crippen LogP contribution in [0.4, 0.5) is 5.69 Å². The number of fused-ring (bicyclic) bond motifs is 1. The molecular weight excluding hydrogens is 400 g/mol. The first kappa shape index (κ1) is 19.7. The van der Waals surface area contributed by atoms with Crippen molar-refractivity contribution in [2.75, 3.05) is 25.2 Å². The summed E-state index contributed by atoms with van der Waals surface area (Å²) < 4.78 is 10.9. The van der Waals surface area contributed by atoms with Crippen LogP contribution < -0.4 is 14.8 Å². The van der Waals surface area contributed by atoms with E-state index in [0.717, 1.165) is 66.7 Å². The van der Waals surface area contributed by atoms with Gasteiger partial charge in [-0.3, -0.25) is 9.69 Å². The molecule has 1 aliphatic carbocycles. The van der Waals surface area contributed by atoms with Crippen molar-refractivity contribution in [3.05, 3.63) is 52.0 Å². The Morgan fingerprint density at radius 1 is 1.10 bits per heavy atom. The van der Waals surface area contributed by atoms with Gasteiger partial charge in [0.15, 0.2) is 11.5 Å². The highest BCUT2D eigenvalue weighted by molar-refractivity contribution is 6.31. The molecule has 1 atom stereocenters. The lowest BCUT2D eigenvalue weighted by Crippen LogP contribution is -2.35. The van der Waals surface area contributed by atoms with E-state index in [2.05, 4.69) is 30.1 Å². The number of carbonyl (C=O) groups excluding carboxylic acids is 1. The lowest BCUT2D eigenvalue weighted by Gasteiger charge is -2.33. The zero-order valence-electron chi connectivity index (χ0n) is 17.5. The molecular formula is C24H27ClN2O3. The second-order valence-electron chi connectivity index (χ2n) is 9.06. The molecule has 2 aromatic rings. The molecule has 2 heterocycles. The monoisotopic (exact) mass is 426 g/mol. The summed E-state index contributed by atoms with van der Waals surface area (Å²) in [4.78, 5) is 15.3. The number of carbonyl (C=O) groups is 1. The molecule has 2 fully saturated rings. The van der Waals surface area contributed by atoms with E-state index in [0.29, 0.717) is 0 Å². The van der Waals surface area contributed by atoms with Crippen LogP contribution in [0, 0.1) is 25.2 Å². The average Bonchev–Trinajstić information content (AvgIpc) is 3.20. The highest BCUT2D eigenvalue weighted by Crippen LogP contribution is 2.59. The van der Waals surface area contributed by atoms with Crippen LogP contribution in [-0.2, 0) is 11.3 Å². The Bertz CT molecular complexity index is 978. The number of ether oxygens (including phenoxy) is 2. The molecule has 5 rings (SSSR count). The number of hydrogen-bond donors (Lipinski definition) is 1. The summed E-state index contributed by atoms with van der Waals surface area (Å²) in [6.45, 7) is 7.14. The van der Waals surface area contributed by atoms with Crippen molar-refractivity contribution in [1.82, 2.24) is 4.90 Å². The number of benzene rings is 2. The molecule has 0 radical (unpaired) electrons. The maximum Gasteiger partial charge on any atom is 0.231 e. The minimum absolute atomic E-state index is 0.134. The van der Waals surface area contributed by atoms with Gasteiger partial charge in [-0.05, 0) is 86.5 Å². The summed E-state index contributed by atoms with van der Waals surface area (Å²) in [5.74, 6) is 1.80. The number of halogens is 1. The van der Waals surface area contributed by atoms with Gasteiger partial charge < -0.3 is 14.8 Å². The van der Waals surface area contributed by atoms with E-state index in [1.165, 1.54) is 11.1 Å². The standard InChI is InChI=1S/C24H27ClN2O3/c1-15-7-16(2)9-18(8-15)26-23(28)19-12-24(19)3-5-27(6-4-24)13-17-10-21-22(11-20(17)25)30-14-29-21/h7-11,19H,3-6,12-14H2,1-2H3,(H,26,28). The summed E-state index contributed by atoms with van der Waals surface area (Å²) in [5, 5.41) is 3.86. The molecule has 6 heteroatoms. The number of nitrogens with zero attached hydrogens (tertiary/aromatic N) is 1. The molecule has 1 spiro atoms. The van der Waals surface area contributed by atoms with Crippen molar-refractivity contribution in [2.24, 2.45) is 11.3 Å². The lowest BCUT2D eigenvalue weighted by molar-refractivity contribution is -0.118. The van der Waals surface area contributed by atoms with Crippen molar-refractivity contribution in [3.63, 3.8) is 0 Å². The summed E-state index contributed by atoms with van der Waals surface area (Å²) >= 11 is 6.44. The van der Waals surface area contributed by atoms with Crippen molar-refractivity contribution in [1.29, 1.82) is 0 Å². The maximum absolute atomic E-state index is 12.8. The lowest BCUT2D eigenvalue weighted by atomic mass is 9.90. The van der Waals surface area contributed by atoms with E-state index < -0.39 is 0 Å². The first-order valence-electron chi connectivity index (χ1n) is 10.6. The topological polar surface area (TPSA) is 50.8 Å². The molecule has 1 saturated heterocycles. The second kappa shape index (κ2) is 7.47. The van der Waals surface area contributed by atoms with E-state index >= 15 is 0 Å². The number of likely N-dealkylation sites (tertiary alicyclic amines) is 1. The average molecular weight is 427 g/mol. The molecule has 0 bridgehead atoms. The van der Waals surface area contributed by atoms with Gasteiger partial charge in [0.1, 0.15) is 0 Å². The number of anilines is 1. The SMILES string of the molecule is Cc1cc(C)cc(NC(=O)C2CC23CCN(Cc2cc4c(cc2Cl)OCO4)CC3)c1. The predicted octanol–water partition coefficient (Wildman–Crippen LogP) is 4.93. The van der Waals surface area contributed by atoms with Crippen LogP contribution in [0.3, 0.4) is 0 Å². The summed E-state index contributed by atoms with van der Waals surface area (Å²) in [6.07, 6.45) is 3.11. The Hall–Kier alpha value is -2.24. The number of nitrogens with one attached hydrogen (secondary N) is 1. The third-order valence-corrected chi connectivity index (χ3v) is 7.13. The highest BCUT2D eigenvalue weighted by atomic mass is 35.5. The van der Waals surface area contributed by atoms with Crippen LogP contribution in [0.2, 0.25) is 5.02 Å². The van der Waals surface area contributed by atoms with E-state index in [9.17, 15) is 4.79 Å². The van der Waals surface area contributed by atoms with E-state index in [4.69, 9.17) is 21.1 Å². The van der Waals surface area contributed by atoms with Gasteiger partial charge in [-0.1, -0.05) is 17.7 Å². The van der Waals surface area contributed by atoms with Gasteiger partial charge in [-0.15, -0.1) is 0 Å². The normalized spacial score (nSPS) is 21.6. The quantitative estimate of drug-likeness (QED) is 0.753. The minimum atomic E-state index is 0.134. The van der Waals surface area contributed by atoms with Gasteiger partial charge in [0.05, 0.1) is 0 Å². The van der Waals surface area contributed by atoms with Crippen molar-refractivity contribution in [3.8, 4) is 11.5 Å². The van der Waals surface area contributed by atoms with Gasteiger partial charge in [0.2, 0.25) is 12.7 Å². The zero-order valence-corrected chi connectivity index (χ0v) is 18.2. The van der Waals surface area contributed by atoms with Crippen molar-refractivity contribution >= 4 is 23.2 Å². The number of aryl methyl sites for hydroxylation is 2. The molecule has 2 aromatic carbocycles. The molecule has 30 heavy (non-hydrogen) atoms. The number of amides is 1. The third-order valence-electron chi connectivity index (χ3n) is 6.78. The molecule has 2 aliphatic heterocycles. The fourth-order valence-electron chi connectivity index (χ4n) is 5.03. The molecule has 1 amide bonds. The number of hydrogen-bond acceptors (Lipinski definition) is 4. The molecule has 1 saturated carbocycles. The summed E-state index contributed by atoms with van der Waals surface area (Å²) in [5.41, 5.74) is 4.50. The Kier molecular flexibility index (Phi) is 4.91. The first-order chi connectivity index (χ1) is 14.4.